The number of nitrogens with zero attached hydrogens (tertiary/aromatic N) is 1. The third-order valence-corrected chi connectivity index (χ3v) is 5.29. The van der Waals surface area contributed by atoms with Crippen molar-refractivity contribution >= 4 is 54.9 Å². The minimum Gasteiger partial charge on any atom is -0.336 e. The zero-order valence-electron chi connectivity index (χ0n) is 12.3. The molecule has 7 heteroatoms. The van der Waals surface area contributed by atoms with E-state index in [2.05, 4.69) is 53.5 Å². The number of thiophene rings is 1. The third-order valence-electron chi connectivity index (χ3n) is 3.13. The summed E-state index contributed by atoms with van der Waals surface area (Å²) in [5, 5.41) is 7.82. The molecule has 0 aliphatic rings. The number of carbonyl (C=O) groups excluding carboxylic acids is 1. The molecule has 0 aliphatic heterocycles. The van der Waals surface area contributed by atoms with Gasteiger partial charge in [0.15, 0.2) is 0 Å². The minimum atomic E-state index is -0.220. The van der Waals surface area contributed by atoms with E-state index >= 15 is 0 Å². The van der Waals surface area contributed by atoms with Crippen LogP contribution in [0.15, 0.2) is 44.7 Å². The zero-order chi connectivity index (χ0) is 16.1. The highest BCUT2D eigenvalue weighted by atomic mass is 79.9. The van der Waals surface area contributed by atoms with Crippen molar-refractivity contribution in [3.8, 4) is 0 Å². The van der Waals surface area contributed by atoms with Gasteiger partial charge in [-0.2, -0.15) is 0 Å². The van der Waals surface area contributed by atoms with Crippen LogP contribution in [-0.4, -0.2) is 31.6 Å². The summed E-state index contributed by atoms with van der Waals surface area (Å²) in [6.45, 7) is 0.547. The average Bonchev–Trinajstić information content (AvgIpc) is 2.96. The summed E-state index contributed by atoms with van der Waals surface area (Å²) in [7, 11) is 4.02. The summed E-state index contributed by atoms with van der Waals surface area (Å²) in [5.41, 5.74) is 0.726. The number of amides is 2. The lowest BCUT2D eigenvalue weighted by Crippen LogP contribution is -2.36. The number of rotatable bonds is 5. The largest absolute Gasteiger partial charge is 0.336 e. The number of halogens is 2. The Morgan fingerprint density at radius 3 is 2.73 bits per heavy atom. The maximum absolute atomic E-state index is 12.1. The van der Waals surface area contributed by atoms with Crippen LogP contribution in [0.3, 0.4) is 0 Å². The van der Waals surface area contributed by atoms with E-state index in [-0.39, 0.29) is 12.1 Å². The molecule has 0 bridgehead atoms. The summed E-state index contributed by atoms with van der Waals surface area (Å²) in [5.74, 6) is 0. The average molecular weight is 447 g/mol. The second-order valence-electron chi connectivity index (χ2n) is 4.95. The number of nitrogens with one attached hydrogen (secondary N) is 2. The number of likely N-dealkylation sites (N-methyl/N-ethyl adjacent to an activating group) is 1. The van der Waals surface area contributed by atoms with E-state index in [9.17, 15) is 4.79 Å². The highest BCUT2D eigenvalue weighted by Crippen LogP contribution is 2.26. The van der Waals surface area contributed by atoms with Crippen LogP contribution in [-0.2, 0) is 0 Å². The molecule has 1 atom stereocenters. The van der Waals surface area contributed by atoms with Crippen molar-refractivity contribution in [2.75, 3.05) is 26.0 Å². The molecule has 22 heavy (non-hydrogen) atoms. The predicted molar refractivity (Wildman–Crippen MR) is 99.6 cm³/mol. The standard InChI is InChI=1S/C15H17Br2N3OS/c1-20(2)13(14-4-3-7-22-14)9-18-15(21)19-12-8-10(16)5-6-11(12)17/h3-8,13H,9H2,1-2H3,(H2,18,19,21). The first-order valence-corrected chi connectivity index (χ1v) is 9.13. The van der Waals surface area contributed by atoms with E-state index in [1.165, 1.54) is 4.88 Å². The summed E-state index contributed by atoms with van der Waals surface area (Å²) in [4.78, 5) is 15.4. The first-order chi connectivity index (χ1) is 10.5. The van der Waals surface area contributed by atoms with Crippen molar-refractivity contribution in [1.29, 1.82) is 0 Å². The van der Waals surface area contributed by atoms with Gasteiger partial charge in [0, 0.05) is 20.4 Å². The lowest BCUT2D eigenvalue weighted by atomic mass is 10.2. The molecule has 2 rings (SSSR count). The molecule has 0 saturated carbocycles. The van der Waals surface area contributed by atoms with Gasteiger partial charge in [0.25, 0.3) is 0 Å². The van der Waals surface area contributed by atoms with Gasteiger partial charge in [0.05, 0.1) is 11.7 Å². The van der Waals surface area contributed by atoms with Crippen molar-refractivity contribution in [1.82, 2.24) is 10.2 Å². The quantitative estimate of drug-likeness (QED) is 0.699. The number of carbonyl (C=O) groups is 1. The van der Waals surface area contributed by atoms with Crippen LogP contribution in [0.1, 0.15) is 10.9 Å². The fourth-order valence-electron chi connectivity index (χ4n) is 1.97. The highest BCUT2D eigenvalue weighted by Gasteiger charge is 2.16. The molecule has 1 unspecified atom stereocenters. The topological polar surface area (TPSA) is 44.4 Å². The van der Waals surface area contributed by atoms with Crippen LogP contribution >= 0.6 is 43.2 Å². The maximum atomic E-state index is 12.1. The molecule has 0 aliphatic carbocycles. The first kappa shape index (κ1) is 17.5. The molecule has 4 nitrogen and oxygen atoms in total. The van der Waals surface area contributed by atoms with Gasteiger partial charge in [0.2, 0.25) is 0 Å². The van der Waals surface area contributed by atoms with Gasteiger partial charge in [-0.1, -0.05) is 22.0 Å². The van der Waals surface area contributed by atoms with Crippen molar-refractivity contribution in [2.45, 2.75) is 6.04 Å². The molecule has 0 fully saturated rings. The Labute approximate surface area is 151 Å². The Bertz CT molecular complexity index is 632. The van der Waals surface area contributed by atoms with E-state index < -0.39 is 0 Å². The summed E-state index contributed by atoms with van der Waals surface area (Å²) < 4.78 is 1.75. The number of hydrogen-bond donors (Lipinski definition) is 2. The second kappa shape index (κ2) is 8.10. The summed E-state index contributed by atoms with van der Waals surface area (Å²) >= 11 is 8.51. The van der Waals surface area contributed by atoms with E-state index in [4.69, 9.17) is 0 Å². The lowest BCUT2D eigenvalue weighted by Gasteiger charge is -2.23. The van der Waals surface area contributed by atoms with Crippen LogP contribution in [0.4, 0.5) is 10.5 Å². The van der Waals surface area contributed by atoms with Gasteiger partial charge in [0.1, 0.15) is 0 Å². The van der Waals surface area contributed by atoms with Crippen molar-refractivity contribution < 1.29 is 4.79 Å². The van der Waals surface area contributed by atoms with Crippen LogP contribution in [0.5, 0.6) is 0 Å². The molecule has 118 valence electrons. The molecule has 0 radical (unpaired) electrons. The van der Waals surface area contributed by atoms with Crippen molar-refractivity contribution in [3.05, 3.63) is 49.5 Å². The smallest absolute Gasteiger partial charge is 0.319 e. The van der Waals surface area contributed by atoms with Gasteiger partial charge in [-0.15, -0.1) is 11.3 Å². The van der Waals surface area contributed by atoms with E-state index in [1.807, 2.05) is 43.7 Å². The van der Waals surface area contributed by atoms with Crippen LogP contribution < -0.4 is 10.6 Å². The van der Waals surface area contributed by atoms with Gasteiger partial charge in [-0.05, 0) is 59.7 Å². The first-order valence-electron chi connectivity index (χ1n) is 6.67. The number of urea groups is 1. The van der Waals surface area contributed by atoms with Crippen LogP contribution in [0.2, 0.25) is 0 Å². The molecule has 1 heterocycles. The Balaban J connectivity index is 1.95. The van der Waals surface area contributed by atoms with E-state index in [0.29, 0.717) is 6.54 Å². The Morgan fingerprint density at radius 1 is 1.32 bits per heavy atom. The molecule has 2 N–H and O–H groups in total. The molecular weight excluding hydrogens is 430 g/mol. The zero-order valence-corrected chi connectivity index (χ0v) is 16.3. The molecule has 2 amide bonds. The molecule has 0 spiro atoms. The van der Waals surface area contributed by atoms with Crippen LogP contribution in [0, 0.1) is 0 Å². The molecule has 1 aromatic carbocycles. The number of anilines is 1. The SMILES string of the molecule is CN(C)C(CNC(=O)Nc1cc(Br)ccc1Br)c1cccs1. The summed E-state index contributed by atoms with van der Waals surface area (Å²) in [6, 6.07) is 9.69. The van der Waals surface area contributed by atoms with Gasteiger partial charge < -0.3 is 15.5 Å². The molecular formula is C15H17Br2N3OS. The second-order valence-corrected chi connectivity index (χ2v) is 7.70. The molecule has 2 aromatic rings. The Kier molecular flexibility index (Phi) is 6.43. The number of hydrogen-bond acceptors (Lipinski definition) is 3. The Hall–Kier alpha value is -0.890. The van der Waals surface area contributed by atoms with Crippen molar-refractivity contribution in [2.24, 2.45) is 0 Å². The fraction of sp³-hybridized carbons (Fsp3) is 0.267. The predicted octanol–water partition coefficient (Wildman–Crippen LogP) is 4.70. The van der Waals surface area contributed by atoms with Crippen molar-refractivity contribution in [3.63, 3.8) is 0 Å². The lowest BCUT2D eigenvalue weighted by molar-refractivity contribution is 0.244. The molecule has 1 aromatic heterocycles. The monoisotopic (exact) mass is 445 g/mol. The van der Waals surface area contributed by atoms with E-state index in [0.717, 1.165) is 14.6 Å². The minimum absolute atomic E-state index is 0.164. The normalized spacial score (nSPS) is 12.2. The van der Waals surface area contributed by atoms with Gasteiger partial charge in [-0.3, -0.25) is 0 Å². The van der Waals surface area contributed by atoms with Crippen LogP contribution in [0.25, 0.3) is 0 Å². The fourth-order valence-corrected chi connectivity index (χ4v) is 3.60. The highest BCUT2D eigenvalue weighted by molar-refractivity contribution is 9.11. The maximum Gasteiger partial charge on any atom is 0.319 e. The van der Waals surface area contributed by atoms with Gasteiger partial charge >= 0.3 is 6.03 Å². The summed E-state index contributed by atoms with van der Waals surface area (Å²) in [6.07, 6.45) is 0. The third kappa shape index (κ3) is 4.81. The van der Waals surface area contributed by atoms with E-state index in [1.54, 1.807) is 11.3 Å². The molecule has 0 saturated heterocycles. The number of benzene rings is 1. The Morgan fingerprint density at radius 2 is 2.09 bits per heavy atom. The van der Waals surface area contributed by atoms with Gasteiger partial charge in [-0.25, -0.2) is 4.79 Å².